The number of aromatic nitrogens is 2. The molecule has 0 spiro atoms. The third kappa shape index (κ3) is 8.69. The minimum absolute atomic E-state index is 0.172. The van der Waals surface area contributed by atoms with Gasteiger partial charge in [0.1, 0.15) is 0 Å². The van der Waals surface area contributed by atoms with Crippen LogP contribution in [0, 0.1) is 0 Å². The van der Waals surface area contributed by atoms with Crippen LogP contribution in [0.2, 0.25) is 14.8 Å². The molecule has 37 heavy (non-hydrogen) atoms. The second-order valence-corrected chi connectivity index (χ2v) is 24.9. The van der Waals surface area contributed by atoms with E-state index in [0.29, 0.717) is 3.58 Å². The van der Waals surface area contributed by atoms with Crippen molar-refractivity contribution in [3.8, 4) is 5.88 Å². The second kappa shape index (κ2) is 11.8. The molecule has 1 aromatic heterocycles. The van der Waals surface area contributed by atoms with Gasteiger partial charge in [0, 0.05) is 0 Å². The van der Waals surface area contributed by atoms with Gasteiger partial charge in [-0.3, -0.25) is 0 Å². The molecule has 0 radical (unpaired) electrons. The van der Waals surface area contributed by atoms with Crippen LogP contribution in [0.5, 0.6) is 5.88 Å². The zero-order valence-electron chi connectivity index (χ0n) is 22.5. The van der Waals surface area contributed by atoms with Crippen molar-refractivity contribution in [2.75, 3.05) is 6.61 Å². The molecule has 2 rings (SSSR count). The van der Waals surface area contributed by atoms with E-state index < -0.39 is 78.3 Å². The van der Waals surface area contributed by atoms with Gasteiger partial charge in [-0.25, -0.2) is 0 Å². The summed E-state index contributed by atoms with van der Waals surface area (Å²) in [7, 11) is 0. The van der Waals surface area contributed by atoms with Crippen LogP contribution < -0.4 is 14.0 Å². The molecule has 0 amide bonds. The summed E-state index contributed by atoms with van der Waals surface area (Å²) in [4.78, 5) is 70.5. The summed E-state index contributed by atoms with van der Waals surface area (Å²) < 4.78 is 33.8. The van der Waals surface area contributed by atoms with Gasteiger partial charge < -0.3 is 0 Å². The van der Waals surface area contributed by atoms with Crippen molar-refractivity contribution in [2.24, 2.45) is 0 Å². The Morgan fingerprint density at radius 2 is 1.57 bits per heavy atom. The van der Waals surface area contributed by atoms with Gasteiger partial charge in [-0.15, -0.1) is 0 Å². The topological polar surface area (TPSA) is 159 Å². The Labute approximate surface area is 218 Å². The molecule has 2 heterocycles. The van der Waals surface area contributed by atoms with Gasteiger partial charge in [-0.2, -0.15) is 0 Å². The van der Waals surface area contributed by atoms with Crippen LogP contribution in [0.4, 0.5) is 4.79 Å². The average molecular weight is 633 g/mol. The van der Waals surface area contributed by atoms with Crippen LogP contribution in [-0.2, 0) is 38.1 Å². The molecular weight excluding hydrogens is 599 g/mol. The van der Waals surface area contributed by atoms with E-state index in [0.717, 1.165) is 18.4 Å². The van der Waals surface area contributed by atoms with E-state index in [-0.39, 0.29) is 12.5 Å². The van der Waals surface area contributed by atoms with E-state index in [1.165, 1.54) is 13.1 Å². The summed E-state index contributed by atoms with van der Waals surface area (Å²) >= 11 is -3.16. The minimum atomic E-state index is -3.16. The zero-order valence-corrected chi connectivity index (χ0v) is 25.3. The van der Waals surface area contributed by atoms with Gasteiger partial charge in [-0.05, 0) is 0 Å². The Morgan fingerprint density at radius 3 is 2.05 bits per heavy atom. The number of ether oxygens (including phenoxy) is 6. The Morgan fingerprint density at radius 1 is 1.00 bits per heavy atom. The molecule has 1 saturated heterocycles. The monoisotopic (exact) mass is 634 g/mol. The third-order valence-corrected chi connectivity index (χ3v) is 10.5. The predicted octanol–water partition coefficient (Wildman–Crippen LogP) is 1.43. The molecule has 0 aliphatic carbocycles. The summed E-state index contributed by atoms with van der Waals surface area (Å²) in [6, 6.07) is 0. The van der Waals surface area contributed by atoms with Crippen molar-refractivity contribution < 1.29 is 47.6 Å². The van der Waals surface area contributed by atoms with E-state index >= 15 is 0 Å². The first-order valence-electron chi connectivity index (χ1n) is 11.6. The maximum atomic E-state index is 13.1. The molecule has 0 aromatic carbocycles. The van der Waals surface area contributed by atoms with Crippen LogP contribution in [0.25, 0.3) is 0 Å². The van der Waals surface area contributed by atoms with Gasteiger partial charge in [0.25, 0.3) is 0 Å². The van der Waals surface area contributed by atoms with Gasteiger partial charge in [0.15, 0.2) is 0 Å². The van der Waals surface area contributed by atoms with Gasteiger partial charge >= 0.3 is 219 Å². The van der Waals surface area contributed by atoms with E-state index in [1.807, 2.05) is 14.8 Å². The first-order chi connectivity index (χ1) is 16.9. The van der Waals surface area contributed by atoms with Crippen molar-refractivity contribution in [1.29, 1.82) is 0 Å². The van der Waals surface area contributed by atoms with Crippen molar-refractivity contribution in [3.05, 3.63) is 16.7 Å². The number of carbonyl (C=O) groups excluding carboxylic acids is 4. The Kier molecular flexibility index (Phi) is 9.74. The number of hydrogen-bond acceptors (Lipinski definition) is 12. The van der Waals surface area contributed by atoms with Crippen molar-refractivity contribution in [2.45, 2.75) is 86.5 Å². The van der Waals surface area contributed by atoms with Gasteiger partial charge in [-0.1, -0.05) is 0 Å². The van der Waals surface area contributed by atoms with Gasteiger partial charge in [0.05, 0.1) is 0 Å². The maximum absolute atomic E-state index is 13.1. The molecule has 1 aliphatic heterocycles. The summed E-state index contributed by atoms with van der Waals surface area (Å²) in [5.74, 6) is -2.19. The number of esters is 3. The van der Waals surface area contributed by atoms with E-state index in [2.05, 4.69) is 4.98 Å². The number of nitrogens with zero attached hydrogens (tertiary/aromatic N) is 2. The molecular formula is C23H34N2O11Sn. The molecule has 1 aromatic rings. The first kappa shape index (κ1) is 30.5. The standard InChI is InChI=1S/C20H25N2O11.3CH3.Sn/c1-10(23)28-9-13-15(29-11(2)24)16(30-12(3)25)17(31-13)22-8-7-14(21-18(22)26)32-19(27)33-20(4,5)6;;;;/h8,13,15-17H,9H2,1-6H3;3*1H3;/t13-,15?,16?,17-;;;;/m1..../s1. The van der Waals surface area contributed by atoms with Crippen molar-refractivity contribution >= 4 is 46.0 Å². The molecule has 4 atom stereocenters. The van der Waals surface area contributed by atoms with Crippen LogP contribution in [0.3, 0.4) is 0 Å². The summed E-state index contributed by atoms with van der Waals surface area (Å²) in [5, 5.41) is 0. The number of carbonyl (C=O) groups is 4. The average Bonchev–Trinajstić information content (AvgIpc) is 3.00. The van der Waals surface area contributed by atoms with Crippen LogP contribution in [0.15, 0.2) is 11.0 Å². The van der Waals surface area contributed by atoms with E-state index in [9.17, 15) is 24.0 Å². The van der Waals surface area contributed by atoms with Crippen LogP contribution >= 0.6 is 0 Å². The fraction of sp³-hybridized carbons (Fsp3) is 0.652. The number of rotatable bonds is 7. The Bertz CT molecular complexity index is 1100. The molecule has 1 fully saturated rings. The molecule has 14 heteroatoms. The van der Waals surface area contributed by atoms with Gasteiger partial charge in [0.2, 0.25) is 0 Å². The molecule has 0 bridgehead atoms. The fourth-order valence-corrected chi connectivity index (χ4v) is 7.13. The van der Waals surface area contributed by atoms with Crippen LogP contribution in [-0.4, -0.2) is 82.5 Å². The van der Waals surface area contributed by atoms with E-state index in [1.54, 1.807) is 20.8 Å². The molecule has 13 nitrogen and oxygen atoms in total. The quantitative estimate of drug-likeness (QED) is 0.242. The first-order valence-corrected chi connectivity index (χ1v) is 21.6. The molecule has 2 unspecified atom stereocenters. The summed E-state index contributed by atoms with van der Waals surface area (Å²) in [5.41, 5.74) is -1.70. The fourth-order valence-electron chi connectivity index (χ4n) is 3.50. The Hall–Kier alpha value is -2.68. The SMILES string of the molecule is CC(=O)OC[C@H]1O[C@@H](n2c[c]([Sn]([CH3])([CH3])[CH3])c(OC(=O)OC(C)(C)C)nc2=O)C(OC(C)=O)C1OC(C)=O. The zero-order chi connectivity index (χ0) is 28.3. The summed E-state index contributed by atoms with van der Waals surface area (Å²) in [6.07, 6.45) is -4.34. The molecule has 206 valence electrons. The number of hydrogen-bond donors (Lipinski definition) is 0. The molecule has 0 N–H and O–H groups in total. The van der Waals surface area contributed by atoms with E-state index in [4.69, 9.17) is 28.4 Å². The predicted molar refractivity (Wildman–Crippen MR) is 130 cm³/mol. The molecule has 1 aliphatic rings. The normalized spacial score (nSPS) is 21.6. The van der Waals surface area contributed by atoms with Crippen molar-refractivity contribution in [3.63, 3.8) is 0 Å². The molecule has 0 saturated carbocycles. The third-order valence-electron chi connectivity index (χ3n) is 4.91. The van der Waals surface area contributed by atoms with Crippen LogP contribution in [0.1, 0.15) is 47.8 Å². The Balaban J connectivity index is 2.58. The summed E-state index contributed by atoms with van der Waals surface area (Å²) in [6.45, 7) is 8.18. The second-order valence-electron chi connectivity index (χ2n) is 10.5. The van der Waals surface area contributed by atoms with Crippen molar-refractivity contribution in [1.82, 2.24) is 9.55 Å².